The number of nitro groups is 1. The molecule has 0 aromatic heterocycles. The zero-order valence-corrected chi connectivity index (χ0v) is 13.5. The van der Waals surface area contributed by atoms with E-state index in [4.69, 9.17) is 24.6 Å². The first-order chi connectivity index (χ1) is 12.3. The molecule has 144 valence electrons. The van der Waals surface area contributed by atoms with Crippen molar-refractivity contribution in [3.8, 4) is 5.75 Å². The van der Waals surface area contributed by atoms with E-state index in [1.165, 1.54) is 19.1 Å². The molecule has 0 spiro atoms. The molecule has 0 saturated heterocycles. The highest BCUT2D eigenvalue weighted by Gasteiger charge is 2.16. The van der Waals surface area contributed by atoms with E-state index in [1.54, 1.807) is 0 Å². The Morgan fingerprint density at radius 2 is 1.85 bits per heavy atom. The third-order valence-electron chi connectivity index (χ3n) is 2.46. The summed E-state index contributed by atoms with van der Waals surface area (Å²) in [7, 11) is 0. The fourth-order valence-corrected chi connectivity index (χ4v) is 1.47. The number of carbonyl (C=O) groups excluding carboxylic acids is 2. The fourth-order valence-electron chi connectivity index (χ4n) is 1.47. The molecule has 1 rings (SSSR count). The lowest BCUT2D eigenvalue weighted by Crippen LogP contribution is -2.26. The van der Waals surface area contributed by atoms with E-state index in [1.807, 2.05) is 0 Å². The van der Waals surface area contributed by atoms with Gasteiger partial charge in [0.05, 0.1) is 23.5 Å². The summed E-state index contributed by atoms with van der Waals surface area (Å²) in [6.07, 6.45) is -2.46. The van der Waals surface area contributed by atoms with Crippen molar-refractivity contribution in [1.29, 1.82) is 0 Å². The lowest BCUT2D eigenvalue weighted by Gasteiger charge is -2.14. The van der Waals surface area contributed by atoms with E-state index in [9.17, 15) is 19.7 Å². The third kappa shape index (κ3) is 8.86. The van der Waals surface area contributed by atoms with Gasteiger partial charge in [0.25, 0.3) is 5.69 Å². The first-order valence-electron chi connectivity index (χ1n) is 6.99. The van der Waals surface area contributed by atoms with Crippen LogP contribution in [0, 0.1) is 10.1 Å². The molecule has 1 unspecified atom stereocenters. The largest absolute Gasteiger partial charge is 0.516 e. The summed E-state index contributed by atoms with van der Waals surface area (Å²) in [4.78, 5) is 37.0. The molecule has 0 aliphatic heterocycles. The lowest BCUT2D eigenvalue weighted by molar-refractivity contribution is -0.493. The molecule has 0 saturated carbocycles. The van der Waals surface area contributed by atoms with Crippen molar-refractivity contribution in [2.45, 2.75) is 13.2 Å². The van der Waals surface area contributed by atoms with E-state index in [0.29, 0.717) is 0 Å². The summed E-state index contributed by atoms with van der Waals surface area (Å²) in [5.74, 6) is -0.852. The van der Waals surface area contributed by atoms with Crippen molar-refractivity contribution in [1.82, 2.24) is 5.39 Å². The first kappa shape index (κ1) is 21.2. The first-order valence-corrected chi connectivity index (χ1v) is 6.99. The molecule has 1 atom stereocenters. The van der Waals surface area contributed by atoms with Gasteiger partial charge < -0.3 is 18.9 Å². The highest BCUT2D eigenvalue weighted by atomic mass is 17.1. The van der Waals surface area contributed by atoms with E-state index in [0.717, 1.165) is 12.1 Å². The molecule has 0 heterocycles. The molecular formula is C13H16N2O11. The Morgan fingerprint density at radius 1 is 1.19 bits per heavy atom. The van der Waals surface area contributed by atoms with Crippen molar-refractivity contribution in [3.05, 3.63) is 34.4 Å². The smallest absolute Gasteiger partial charge is 0.424 e. The predicted octanol–water partition coefficient (Wildman–Crippen LogP) is 1.03. The van der Waals surface area contributed by atoms with Gasteiger partial charge in [-0.3, -0.25) is 20.5 Å². The topological polar surface area (TPSA) is 167 Å². The van der Waals surface area contributed by atoms with Crippen molar-refractivity contribution >= 4 is 17.8 Å². The van der Waals surface area contributed by atoms with Crippen LogP contribution in [-0.4, -0.2) is 59.0 Å². The van der Waals surface area contributed by atoms with Gasteiger partial charge in [0.2, 0.25) is 6.29 Å². The van der Waals surface area contributed by atoms with Gasteiger partial charge in [0.15, 0.2) is 0 Å². The summed E-state index contributed by atoms with van der Waals surface area (Å²) in [6, 6.07) is 4.68. The Bertz CT molecular complexity index is 605. The number of ether oxygens (including phenoxy) is 4. The van der Waals surface area contributed by atoms with Crippen LogP contribution in [0.1, 0.15) is 6.92 Å². The lowest BCUT2D eigenvalue weighted by atomic mass is 10.3. The second-order valence-corrected chi connectivity index (χ2v) is 4.42. The Balaban J connectivity index is 2.26. The number of esters is 1. The van der Waals surface area contributed by atoms with Crippen LogP contribution in [0.2, 0.25) is 0 Å². The van der Waals surface area contributed by atoms with Gasteiger partial charge in [-0.1, -0.05) is 0 Å². The van der Waals surface area contributed by atoms with Crippen LogP contribution in [0.3, 0.4) is 0 Å². The van der Waals surface area contributed by atoms with Crippen LogP contribution in [0.5, 0.6) is 5.75 Å². The number of non-ortho nitro benzene ring substituents is 1. The van der Waals surface area contributed by atoms with Gasteiger partial charge in [-0.15, -0.1) is 0 Å². The second kappa shape index (κ2) is 10.9. The zero-order valence-electron chi connectivity index (χ0n) is 13.5. The van der Waals surface area contributed by atoms with Crippen LogP contribution < -0.4 is 4.74 Å². The SMILES string of the molecule is CC(OC(=O)COCCON(O)O)OC(=O)Oc1ccc([N+](=O)[O-])cc1. The molecule has 0 bridgehead atoms. The van der Waals surface area contributed by atoms with Gasteiger partial charge in [-0.05, 0) is 12.1 Å². The van der Waals surface area contributed by atoms with Crippen molar-refractivity contribution in [2.24, 2.45) is 0 Å². The standard InChI is InChI=1S/C13H16N2O11/c1-9(24-12(16)8-22-6-7-23-15(20)21)25-13(17)26-11-4-2-10(3-5-11)14(18)19/h2-5,9,20-21H,6-8H2,1H3. The van der Waals surface area contributed by atoms with Crippen molar-refractivity contribution in [2.75, 3.05) is 19.8 Å². The summed E-state index contributed by atoms with van der Waals surface area (Å²) < 4.78 is 18.9. The Hall–Kier alpha value is -2.84. The minimum Gasteiger partial charge on any atom is -0.424 e. The summed E-state index contributed by atoms with van der Waals surface area (Å²) in [5, 5.41) is 26.5. The van der Waals surface area contributed by atoms with Crippen LogP contribution in [0.4, 0.5) is 10.5 Å². The van der Waals surface area contributed by atoms with Crippen LogP contribution in [-0.2, 0) is 23.8 Å². The van der Waals surface area contributed by atoms with Gasteiger partial charge in [0.1, 0.15) is 12.4 Å². The maximum absolute atomic E-state index is 11.5. The predicted molar refractivity (Wildman–Crippen MR) is 77.9 cm³/mol. The molecular weight excluding hydrogens is 360 g/mol. The van der Waals surface area contributed by atoms with Gasteiger partial charge in [0, 0.05) is 19.1 Å². The molecule has 2 N–H and O–H groups in total. The van der Waals surface area contributed by atoms with Crippen molar-refractivity contribution in [3.63, 3.8) is 0 Å². The van der Waals surface area contributed by atoms with E-state index in [-0.39, 0.29) is 24.7 Å². The highest BCUT2D eigenvalue weighted by Crippen LogP contribution is 2.17. The monoisotopic (exact) mass is 376 g/mol. The number of nitrogens with zero attached hydrogens (tertiary/aromatic N) is 2. The second-order valence-electron chi connectivity index (χ2n) is 4.42. The van der Waals surface area contributed by atoms with Crippen molar-refractivity contribution < 1.29 is 48.7 Å². The molecule has 0 aliphatic rings. The van der Waals surface area contributed by atoms with E-state index in [2.05, 4.69) is 9.57 Å². The Labute approximate surface area is 146 Å². The average Bonchev–Trinajstić information content (AvgIpc) is 2.54. The molecule has 0 aliphatic carbocycles. The quantitative estimate of drug-likeness (QED) is 0.149. The Kier molecular flexibility index (Phi) is 8.90. The van der Waals surface area contributed by atoms with Gasteiger partial charge in [-0.25, -0.2) is 14.4 Å². The van der Waals surface area contributed by atoms with Crippen LogP contribution >= 0.6 is 0 Å². The summed E-state index contributed by atoms with van der Waals surface area (Å²) in [6.45, 7) is 0.400. The molecule has 0 amide bonds. The van der Waals surface area contributed by atoms with Gasteiger partial charge >= 0.3 is 12.1 Å². The number of nitro benzene ring substituents is 1. The molecule has 13 heteroatoms. The summed E-state index contributed by atoms with van der Waals surface area (Å²) >= 11 is 0. The fraction of sp³-hybridized carbons (Fsp3) is 0.385. The van der Waals surface area contributed by atoms with E-state index < -0.39 is 35.3 Å². The number of rotatable bonds is 10. The normalized spacial score (nSPS) is 11.7. The van der Waals surface area contributed by atoms with Crippen LogP contribution in [0.25, 0.3) is 0 Å². The molecule has 1 aromatic carbocycles. The Morgan fingerprint density at radius 3 is 2.42 bits per heavy atom. The molecule has 26 heavy (non-hydrogen) atoms. The number of benzene rings is 1. The molecule has 0 fully saturated rings. The molecule has 1 aromatic rings. The summed E-state index contributed by atoms with van der Waals surface area (Å²) in [5.41, 5.74) is -0.177. The maximum Gasteiger partial charge on any atom is 0.516 e. The number of carbonyl (C=O) groups is 2. The van der Waals surface area contributed by atoms with Crippen LogP contribution in [0.15, 0.2) is 24.3 Å². The minimum atomic E-state index is -1.28. The number of hydrogen-bond donors (Lipinski definition) is 2. The van der Waals surface area contributed by atoms with Gasteiger partial charge in [-0.2, -0.15) is 0 Å². The zero-order chi connectivity index (χ0) is 19.5. The average molecular weight is 376 g/mol. The highest BCUT2D eigenvalue weighted by molar-refractivity contribution is 5.71. The van der Waals surface area contributed by atoms with E-state index >= 15 is 0 Å². The molecule has 0 radical (unpaired) electrons. The number of hydrogen-bond acceptors (Lipinski definition) is 12. The minimum absolute atomic E-state index is 0.00395. The maximum atomic E-state index is 11.5. The molecule has 13 nitrogen and oxygen atoms in total. The third-order valence-corrected chi connectivity index (χ3v) is 2.46.